The zero-order valence-electron chi connectivity index (χ0n) is 24.6. The van der Waals surface area contributed by atoms with E-state index in [9.17, 15) is 28.1 Å². The number of pyridine rings is 1. The van der Waals surface area contributed by atoms with Crippen molar-refractivity contribution in [2.45, 2.75) is 24.6 Å². The summed E-state index contributed by atoms with van der Waals surface area (Å²) in [5, 5.41) is 12.0. The molecule has 0 bridgehead atoms. The number of benzene rings is 3. The summed E-state index contributed by atoms with van der Waals surface area (Å²) >= 11 is 0. The molecule has 232 valence electrons. The highest BCUT2D eigenvalue weighted by atomic mass is 32.2. The Balaban J connectivity index is 1.47. The number of hydrogen-bond donors (Lipinski definition) is 1. The van der Waals surface area contributed by atoms with Crippen molar-refractivity contribution in [3.63, 3.8) is 0 Å². The van der Waals surface area contributed by atoms with Crippen LogP contribution in [0.5, 0.6) is 0 Å². The van der Waals surface area contributed by atoms with Gasteiger partial charge in [0.05, 0.1) is 23.1 Å². The Labute approximate surface area is 265 Å². The molecular weight excluding hydrogens is 606 g/mol. The van der Waals surface area contributed by atoms with Crippen molar-refractivity contribution in [2.24, 2.45) is 0 Å². The van der Waals surface area contributed by atoms with Crippen LogP contribution in [0.4, 0.5) is 0 Å². The van der Waals surface area contributed by atoms with Crippen LogP contribution in [0.2, 0.25) is 0 Å². The number of nitrogens with zero attached hydrogens (tertiary/aromatic N) is 4. The third-order valence-electron chi connectivity index (χ3n) is 7.16. The second-order valence-corrected chi connectivity index (χ2v) is 12.6. The Morgan fingerprint density at radius 2 is 1.61 bits per heavy atom. The lowest BCUT2D eigenvalue weighted by atomic mass is 10.1. The second kappa shape index (κ2) is 14.4. The van der Waals surface area contributed by atoms with E-state index >= 15 is 0 Å². The number of carbonyl (C=O) groups excluding carboxylic acids is 3. The summed E-state index contributed by atoms with van der Waals surface area (Å²) in [5.74, 6) is -4.28. The molecule has 1 atom stereocenters. The van der Waals surface area contributed by atoms with E-state index in [0.717, 1.165) is 10.5 Å². The van der Waals surface area contributed by atoms with Gasteiger partial charge in [-0.15, -0.1) is 0 Å². The molecule has 12 heteroatoms. The van der Waals surface area contributed by atoms with Gasteiger partial charge in [0.1, 0.15) is 11.6 Å². The SMILES string of the molecule is N#Cc1ccccc1CS(=O)(=O)CC(NC(=O)c1ccncc1)C(=O)N(CCCc1ccccc1)C(=O)c1nc2ccccc2o1. The number of aromatic nitrogens is 2. The first-order valence-electron chi connectivity index (χ1n) is 14.4. The molecule has 0 fully saturated rings. The molecule has 0 radical (unpaired) electrons. The number of rotatable bonds is 12. The number of aryl methyl sites for hydroxylation is 1. The Morgan fingerprint density at radius 1 is 0.913 bits per heavy atom. The van der Waals surface area contributed by atoms with Crippen LogP contribution in [0.15, 0.2) is 108 Å². The normalized spacial score (nSPS) is 11.8. The molecule has 11 nitrogen and oxygen atoms in total. The molecule has 0 saturated heterocycles. The molecular formula is C34H29N5O6S. The minimum atomic E-state index is -4.12. The fourth-order valence-electron chi connectivity index (χ4n) is 4.89. The van der Waals surface area contributed by atoms with E-state index in [-0.39, 0.29) is 29.1 Å². The number of carbonyl (C=O) groups is 3. The van der Waals surface area contributed by atoms with E-state index < -0.39 is 45.1 Å². The Morgan fingerprint density at radius 3 is 2.35 bits per heavy atom. The van der Waals surface area contributed by atoms with E-state index in [1.54, 1.807) is 36.4 Å². The first-order valence-corrected chi connectivity index (χ1v) is 16.2. The molecule has 1 unspecified atom stereocenters. The number of nitrogens with one attached hydrogen (secondary N) is 1. The standard InChI is InChI=1S/C34H29N5O6S/c35-21-26-12-4-5-13-27(26)22-46(43,44)23-29(37-31(40)25-16-18-36-19-17-25)33(41)39(20-8-11-24-9-2-1-3-10-24)34(42)32-38-28-14-6-7-15-30(28)45-32/h1-7,9-10,12-19,29H,8,11,20,22-23H2,(H,37,40). The van der Waals surface area contributed by atoms with Crippen LogP contribution in [0.3, 0.4) is 0 Å². The zero-order chi connectivity index (χ0) is 32.5. The van der Waals surface area contributed by atoms with Crippen LogP contribution < -0.4 is 5.32 Å². The van der Waals surface area contributed by atoms with Crippen molar-refractivity contribution >= 4 is 38.7 Å². The van der Waals surface area contributed by atoms with Crippen LogP contribution >= 0.6 is 0 Å². The van der Waals surface area contributed by atoms with E-state index in [4.69, 9.17) is 4.42 Å². The minimum Gasteiger partial charge on any atom is -0.432 e. The summed E-state index contributed by atoms with van der Waals surface area (Å²) < 4.78 is 32.7. The van der Waals surface area contributed by atoms with Gasteiger partial charge in [-0.05, 0) is 54.3 Å². The maximum Gasteiger partial charge on any atom is 0.316 e. The summed E-state index contributed by atoms with van der Waals surface area (Å²) in [7, 11) is -4.12. The number of fused-ring (bicyclic) bond motifs is 1. The summed E-state index contributed by atoms with van der Waals surface area (Å²) in [4.78, 5) is 50.3. The molecule has 5 rings (SSSR count). The van der Waals surface area contributed by atoms with Gasteiger partial charge in [0, 0.05) is 24.5 Å². The van der Waals surface area contributed by atoms with E-state index in [1.165, 1.54) is 36.7 Å². The molecule has 0 spiro atoms. The highest BCUT2D eigenvalue weighted by molar-refractivity contribution is 7.90. The molecule has 0 saturated carbocycles. The minimum absolute atomic E-state index is 0.107. The number of oxazole rings is 1. The first kappa shape index (κ1) is 31.7. The molecule has 2 aromatic heterocycles. The van der Waals surface area contributed by atoms with Crippen molar-refractivity contribution in [3.05, 3.63) is 132 Å². The number of amides is 3. The lowest BCUT2D eigenvalue weighted by Gasteiger charge is -2.26. The van der Waals surface area contributed by atoms with Crippen molar-refractivity contribution in [2.75, 3.05) is 12.3 Å². The molecule has 1 N–H and O–H groups in total. The molecule has 0 aliphatic rings. The van der Waals surface area contributed by atoms with Crippen molar-refractivity contribution in [3.8, 4) is 6.07 Å². The predicted octanol–water partition coefficient (Wildman–Crippen LogP) is 4.11. The van der Waals surface area contributed by atoms with Crippen molar-refractivity contribution in [1.29, 1.82) is 5.26 Å². The van der Waals surface area contributed by atoms with Crippen molar-refractivity contribution < 1.29 is 27.2 Å². The summed E-state index contributed by atoms with van der Waals surface area (Å²) in [5.41, 5.74) is 2.28. The van der Waals surface area contributed by atoms with Gasteiger partial charge in [-0.25, -0.2) is 13.4 Å². The average molecular weight is 636 g/mol. The van der Waals surface area contributed by atoms with Gasteiger partial charge >= 0.3 is 5.91 Å². The van der Waals surface area contributed by atoms with Crippen LogP contribution in [0, 0.1) is 11.3 Å². The quantitative estimate of drug-likeness (QED) is 0.213. The lowest BCUT2D eigenvalue weighted by molar-refractivity contribution is -0.130. The Bertz CT molecular complexity index is 1970. The molecule has 0 aliphatic carbocycles. The van der Waals surface area contributed by atoms with Gasteiger partial charge < -0.3 is 9.73 Å². The third-order valence-corrected chi connectivity index (χ3v) is 8.75. The van der Waals surface area contributed by atoms with Crippen LogP contribution in [0.1, 0.15) is 44.2 Å². The topological polar surface area (TPSA) is 163 Å². The van der Waals surface area contributed by atoms with Gasteiger partial charge in [-0.3, -0.25) is 24.3 Å². The van der Waals surface area contributed by atoms with Crippen LogP contribution in [-0.2, 0) is 26.8 Å². The van der Waals surface area contributed by atoms with Gasteiger partial charge in [0.2, 0.25) is 0 Å². The van der Waals surface area contributed by atoms with Crippen LogP contribution in [-0.4, -0.2) is 59.3 Å². The number of para-hydroxylation sites is 2. The maximum atomic E-state index is 14.2. The highest BCUT2D eigenvalue weighted by Crippen LogP contribution is 2.19. The lowest BCUT2D eigenvalue weighted by Crippen LogP contribution is -2.53. The fraction of sp³-hybridized carbons (Fsp3) is 0.176. The highest BCUT2D eigenvalue weighted by Gasteiger charge is 2.36. The summed E-state index contributed by atoms with van der Waals surface area (Å²) in [6.07, 6.45) is 3.62. The maximum absolute atomic E-state index is 14.2. The summed E-state index contributed by atoms with van der Waals surface area (Å²) in [6, 6.07) is 25.5. The van der Waals surface area contributed by atoms with Gasteiger partial charge in [-0.1, -0.05) is 60.7 Å². The predicted molar refractivity (Wildman–Crippen MR) is 169 cm³/mol. The third kappa shape index (κ3) is 7.88. The molecule has 3 amide bonds. The Hall–Kier alpha value is -5.67. The van der Waals surface area contributed by atoms with Crippen molar-refractivity contribution in [1.82, 2.24) is 20.2 Å². The number of nitriles is 1. The van der Waals surface area contributed by atoms with E-state index in [2.05, 4.69) is 15.3 Å². The average Bonchev–Trinajstić information content (AvgIpc) is 3.51. The molecule has 2 heterocycles. The van der Waals surface area contributed by atoms with Gasteiger partial charge in [0.15, 0.2) is 15.4 Å². The largest absolute Gasteiger partial charge is 0.432 e. The zero-order valence-corrected chi connectivity index (χ0v) is 25.4. The smallest absolute Gasteiger partial charge is 0.316 e. The van der Waals surface area contributed by atoms with Gasteiger partial charge in [0.25, 0.3) is 17.7 Å². The number of imide groups is 1. The molecule has 5 aromatic rings. The van der Waals surface area contributed by atoms with Crippen LogP contribution in [0.25, 0.3) is 11.1 Å². The van der Waals surface area contributed by atoms with E-state index in [0.29, 0.717) is 23.9 Å². The number of sulfone groups is 1. The fourth-order valence-corrected chi connectivity index (χ4v) is 6.47. The molecule has 46 heavy (non-hydrogen) atoms. The summed E-state index contributed by atoms with van der Waals surface area (Å²) in [6.45, 7) is -0.107. The second-order valence-electron chi connectivity index (χ2n) is 10.5. The van der Waals surface area contributed by atoms with Gasteiger partial charge in [-0.2, -0.15) is 5.26 Å². The number of hydrogen-bond acceptors (Lipinski definition) is 9. The Kier molecular flexibility index (Phi) is 9.94. The first-order chi connectivity index (χ1) is 22.2. The monoisotopic (exact) mass is 635 g/mol. The molecule has 0 aliphatic heterocycles. The molecule has 3 aromatic carbocycles. The van der Waals surface area contributed by atoms with E-state index in [1.807, 2.05) is 36.4 Å².